The van der Waals surface area contributed by atoms with Crippen LogP contribution in [0.5, 0.6) is 0 Å². The summed E-state index contributed by atoms with van der Waals surface area (Å²) >= 11 is 0. The van der Waals surface area contributed by atoms with Gasteiger partial charge in [0, 0.05) is 25.4 Å². The second-order valence-electron chi connectivity index (χ2n) is 2.28. The van der Waals surface area contributed by atoms with Gasteiger partial charge in [0.2, 0.25) is 0 Å². The third kappa shape index (κ3) is 1.61. The van der Waals surface area contributed by atoms with Crippen LogP contribution in [0, 0.1) is 0 Å². The largest absolute Gasteiger partial charge is 0.370 e. The third-order valence-corrected chi connectivity index (χ3v) is 1.35. The second kappa shape index (κ2) is 2.73. The van der Waals surface area contributed by atoms with Crippen LogP contribution in [-0.2, 0) is 0 Å². The molecule has 0 atom stereocenters. The van der Waals surface area contributed by atoms with E-state index in [1.54, 1.807) is 0 Å². The van der Waals surface area contributed by atoms with Gasteiger partial charge in [0.15, 0.2) is 0 Å². The highest BCUT2D eigenvalue weighted by Crippen LogP contribution is 2.02. The van der Waals surface area contributed by atoms with E-state index < -0.39 is 0 Å². The van der Waals surface area contributed by atoms with E-state index in [0.29, 0.717) is 0 Å². The first kappa shape index (κ1) is 6.42. The van der Waals surface area contributed by atoms with Gasteiger partial charge in [-0.3, -0.25) is 0 Å². The first-order valence-corrected chi connectivity index (χ1v) is 3.18. The lowest BCUT2D eigenvalue weighted by Crippen LogP contribution is -2.17. The van der Waals surface area contributed by atoms with Crippen molar-refractivity contribution in [3.63, 3.8) is 0 Å². The molecule has 1 rings (SSSR count). The van der Waals surface area contributed by atoms with Crippen LogP contribution < -0.4 is 11.1 Å². The molecule has 0 radical (unpaired) electrons. The first-order chi connectivity index (χ1) is 4.33. The molecule has 1 aliphatic rings. The topological polar surface area (TPSA) is 41.3 Å². The molecule has 0 aromatic carbocycles. The molecule has 3 heteroatoms. The number of nitrogens with two attached hydrogens (primary N) is 1. The molecule has 0 aromatic rings. The highest BCUT2D eigenvalue weighted by Gasteiger charge is 2.04. The van der Waals surface area contributed by atoms with Gasteiger partial charge < -0.3 is 16.0 Å². The van der Waals surface area contributed by atoms with E-state index in [2.05, 4.69) is 16.4 Å². The van der Waals surface area contributed by atoms with Crippen molar-refractivity contribution in [2.24, 2.45) is 5.73 Å². The SMILES string of the molecule is CN1C=C(CCN)NC1. The minimum atomic E-state index is 0.729. The predicted octanol–water partition coefficient (Wildman–Crippen LogP) is -0.331. The minimum Gasteiger partial charge on any atom is -0.370 e. The van der Waals surface area contributed by atoms with Crippen LogP contribution in [0.1, 0.15) is 6.42 Å². The Balaban J connectivity index is 2.33. The zero-order valence-electron chi connectivity index (χ0n) is 5.72. The molecular formula is C6H13N3. The van der Waals surface area contributed by atoms with Crippen LogP contribution >= 0.6 is 0 Å². The molecule has 0 saturated heterocycles. The van der Waals surface area contributed by atoms with E-state index in [1.165, 1.54) is 5.70 Å². The Kier molecular flexibility index (Phi) is 1.95. The monoisotopic (exact) mass is 127 g/mol. The van der Waals surface area contributed by atoms with Crippen molar-refractivity contribution >= 4 is 0 Å². The average Bonchev–Trinajstić information content (AvgIpc) is 2.17. The summed E-state index contributed by atoms with van der Waals surface area (Å²) in [5, 5.41) is 3.21. The summed E-state index contributed by atoms with van der Waals surface area (Å²) < 4.78 is 0. The van der Waals surface area contributed by atoms with E-state index in [0.717, 1.165) is 19.6 Å². The zero-order chi connectivity index (χ0) is 6.69. The summed E-state index contributed by atoms with van der Waals surface area (Å²) in [7, 11) is 2.04. The van der Waals surface area contributed by atoms with Crippen molar-refractivity contribution in [3.8, 4) is 0 Å². The molecule has 0 aromatic heterocycles. The molecule has 9 heavy (non-hydrogen) atoms. The third-order valence-electron chi connectivity index (χ3n) is 1.35. The quantitative estimate of drug-likeness (QED) is 0.533. The molecule has 3 nitrogen and oxygen atoms in total. The molecule has 3 N–H and O–H groups in total. The summed E-state index contributed by atoms with van der Waals surface area (Å²) in [6.07, 6.45) is 3.05. The standard InChI is InChI=1S/C6H13N3/c1-9-4-6(2-3-7)8-5-9/h4,8H,2-3,5,7H2,1H3. The van der Waals surface area contributed by atoms with Crippen molar-refractivity contribution in [2.75, 3.05) is 20.3 Å². The second-order valence-corrected chi connectivity index (χ2v) is 2.28. The maximum absolute atomic E-state index is 5.35. The number of nitrogens with one attached hydrogen (secondary N) is 1. The van der Waals surface area contributed by atoms with Crippen LogP contribution in [-0.4, -0.2) is 25.2 Å². The molecule has 52 valence electrons. The summed E-state index contributed by atoms with van der Waals surface area (Å²) in [6, 6.07) is 0. The van der Waals surface area contributed by atoms with Crippen molar-refractivity contribution in [2.45, 2.75) is 6.42 Å². The molecule has 0 aliphatic carbocycles. The number of hydrogen-bond donors (Lipinski definition) is 2. The Labute approximate surface area is 55.5 Å². The van der Waals surface area contributed by atoms with Crippen molar-refractivity contribution in [1.29, 1.82) is 0 Å². The molecule has 1 heterocycles. The van der Waals surface area contributed by atoms with E-state index in [9.17, 15) is 0 Å². The number of rotatable bonds is 2. The Morgan fingerprint density at radius 2 is 2.67 bits per heavy atom. The van der Waals surface area contributed by atoms with Crippen LogP contribution in [0.25, 0.3) is 0 Å². The summed E-state index contributed by atoms with van der Waals surface area (Å²) in [6.45, 7) is 1.65. The average molecular weight is 127 g/mol. The Hall–Kier alpha value is -0.700. The lowest BCUT2D eigenvalue weighted by Gasteiger charge is -2.02. The van der Waals surface area contributed by atoms with Crippen LogP contribution in [0.4, 0.5) is 0 Å². The Morgan fingerprint density at radius 1 is 1.89 bits per heavy atom. The minimum absolute atomic E-state index is 0.729. The van der Waals surface area contributed by atoms with E-state index in [4.69, 9.17) is 5.73 Å². The van der Waals surface area contributed by atoms with Crippen molar-refractivity contribution in [1.82, 2.24) is 10.2 Å². The summed E-state index contributed by atoms with van der Waals surface area (Å²) in [5.41, 5.74) is 6.60. The van der Waals surface area contributed by atoms with E-state index in [1.807, 2.05) is 7.05 Å². The van der Waals surface area contributed by atoms with Gasteiger partial charge in [0.25, 0.3) is 0 Å². The lowest BCUT2D eigenvalue weighted by molar-refractivity contribution is 0.473. The van der Waals surface area contributed by atoms with Crippen LogP contribution in [0.2, 0.25) is 0 Å². The Morgan fingerprint density at radius 3 is 3.11 bits per heavy atom. The van der Waals surface area contributed by atoms with Gasteiger partial charge in [-0.05, 0) is 6.54 Å². The van der Waals surface area contributed by atoms with E-state index in [-0.39, 0.29) is 0 Å². The fourth-order valence-corrected chi connectivity index (χ4v) is 0.892. The number of nitrogens with zero attached hydrogens (tertiary/aromatic N) is 1. The van der Waals surface area contributed by atoms with Gasteiger partial charge in [-0.25, -0.2) is 0 Å². The highest BCUT2D eigenvalue weighted by molar-refractivity contribution is 5.03. The molecule has 0 saturated carbocycles. The van der Waals surface area contributed by atoms with Gasteiger partial charge in [0.1, 0.15) is 0 Å². The van der Waals surface area contributed by atoms with Crippen LogP contribution in [0.15, 0.2) is 11.9 Å². The first-order valence-electron chi connectivity index (χ1n) is 3.18. The van der Waals surface area contributed by atoms with Crippen LogP contribution in [0.3, 0.4) is 0 Å². The van der Waals surface area contributed by atoms with E-state index >= 15 is 0 Å². The normalized spacial score (nSPS) is 17.6. The molecule has 0 fully saturated rings. The van der Waals surface area contributed by atoms with Gasteiger partial charge in [-0.2, -0.15) is 0 Å². The fourth-order valence-electron chi connectivity index (χ4n) is 0.892. The van der Waals surface area contributed by atoms with Gasteiger partial charge in [-0.1, -0.05) is 0 Å². The number of hydrogen-bond acceptors (Lipinski definition) is 3. The van der Waals surface area contributed by atoms with Gasteiger partial charge >= 0.3 is 0 Å². The fraction of sp³-hybridized carbons (Fsp3) is 0.667. The summed E-state index contributed by atoms with van der Waals surface area (Å²) in [4.78, 5) is 2.10. The maximum atomic E-state index is 5.35. The highest BCUT2D eigenvalue weighted by atomic mass is 15.2. The molecule has 0 spiro atoms. The smallest absolute Gasteiger partial charge is 0.0866 e. The lowest BCUT2D eigenvalue weighted by atomic mass is 10.3. The molecule has 1 aliphatic heterocycles. The predicted molar refractivity (Wildman–Crippen MR) is 37.5 cm³/mol. The maximum Gasteiger partial charge on any atom is 0.0866 e. The van der Waals surface area contributed by atoms with Crippen molar-refractivity contribution < 1.29 is 0 Å². The molecule has 0 unspecified atom stereocenters. The zero-order valence-corrected chi connectivity index (χ0v) is 5.72. The Bertz CT molecular complexity index is 119. The molecular weight excluding hydrogens is 114 g/mol. The molecule has 0 bridgehead atoms. The van der Waals surface area contributed by atoms with Crippen molar-refractivity contribution in [3.05, 3.63) is 11.9 Å². The van der Waals surface area contributed by atoms with Gasteiger partial charge in [-0.15, -0.1) is 0 Å². The molecule has 0 amide bonds. The summed E-state index contributed by atoms with van der Waals surface area (Å²) in [5.74, 6) is 0. The van der Waals surface area contributed by atoms with Gasteiger partial charge in [0.05, 0.1) is 6.67 Å².